The van der Waals surface area contributed by atoms with Gasteiger partial charge in [0.25, 0.3) is 6.29 Å². The number of hydrogen-bond donors (Lipinski definition) is 1. The molecule has 1 saturated heterocycles. The Morgan fingerprint density at radius 3 is 2.32 bits per heavy atom. The fourth-order valence-corrected chi connectivity index (χ4v) is 3.21. The number of ether oxygens (including phenoxy) is 1. The molecular weight excluding hydrogens is 282 g/mol. The summed E-state index contributed by atoms with van der Waals surface area (Å²) in [5, 5.41) is 14.1. The van der Waals surface area contributed by atoms with Crippen LogP contribution in [0.25, 0.3) is 0 Å². The number of aliphatic hydroxyl groups is 1. The van der Waals surface area contributed by atoms with Gasteiger partial charge in [-0.1, -0.05) is 50.6 Å². The monoisotopic (exact) mass is 311 g/mol. The molecule has 5 heteroatoms. The Labute approximate surface area is 133 Å². The summed E-state index contributed by atoms with van der Waals surface area (Å²) in [4.78, 5) is 17.2. The summed E-state index contributed by atoms with van der Waals surface area (Å²) in [7, 11) is 0. The smallest absolute Gasteiger partial charge is 0.306 e. The Bertz CT molecular complexity index is 396. The number of fused-ring (bicyclic) bond motifs is 2. The lowest BCUT2D eigenvalue weighted by atomic mass is 9.89. The zero-order chi connectivity index (χ0) is 15.8. The standard InChI is InChI=1S/C17H29NO4/c1-2-17-13-14(18-22-16(17)20)11-9-7-5-3-4-6-8-10-12-15(19)21-17/h16,20H,2-13H2,1H3/t16-,17-/m0/s1. The lowest BCUT2D eigenvalue weighted by molar-refractivity contribution is -0.237. The van der Waals surface area contributed by atoms with Gasteiger partial charge in [-0.15, -0.1) is 0 Å². The Morgan fingerprint density at radius 2 is 1.68 bits per heavy atom. The highest BCUT2D eigenvalue weighted by Gasteiger charge is 2.46. The van der Waals surface area contributed by atoms with Gasteiger partial charge in [-0.2, -0.15) is 0 Å². The third-order valence-electron chi connectivity index (χ3n) is 4.75. The minimum absolute atomic E-state index is 0.236. The van der Waals surface area contributed by atoms with Gasteiger partial charge in [0.1, 0.15) is 0 Å². The molecule has 0 amide bonds. The van der Waals surface area contributed by atoms with Crippen LogP contribution < -0.4 is 0 Å². The van der Waals surface area contributed by atoms with E-state index in [-0.39, 0.29) is 5.97 Å². The van der Waals surface area contributed by atoms with Gasteiger partial charge in [-0.3, -0.25) is 4.79 Å². The van der Waals surface area contributed by atoms with E-state index in [1.54, 1.807) is 0 Å². The summed E-state index contributed by atoms with van der Waals surface area (Å²) >= 11 is 0. The van der Waals surface area contributed by atoms with Crippen molar-refractivity contribution >= 4 is 11.7 Å². The average molecular weight is 311 g/mol. The highest BCUT2D eigenvalue weighted by molar-refractivity contribution is 5.86. The Morgan fingerprint density at radius 1 is 1.09 bits per heavy atom. The van der Waals surface area contributed by atoms with Gasteiger partial charge in [0.05, 0.1) is 5.71 Å². The molecule has 2 aliphatic heterocycles. The van der Waals surface area contributed by atoms with E-state index in [2.05, 4.69) is 5.16 Å². The van der Waals surface area contributed by atoms with Gasteiger partial charge in [0.15, 0.2) is 5.60 Å². The average Bonchev–Trinajstić information content (AvgIpc) is 2.52. The van der Waals surface area contributed by atoms with Crippen LogP contribution >= 0.6 is 0 Å². The quantitative estimate of drug-likeness (QED) is 0.750. The van der Waals surface area contributed by atoms with Crippen molar-refractivity contribution < 1.29 is 19.5 Å². The van der Waals surface area contributed by atoms with Crippen molar-refractivity contribution in [3.63, 3.8) is 0 Å². The van der Waals surface area contributed by atoms with Crippen molar-refractivity contribution in [3.8, 4) is 0 Å². The van der Waals surface area contributed by atoms with Gasteiger partial charge >= 0.3 is 5.97 Å². The number of nitrogens with zero attached hydrogens (tertiary/aromatic N) is 1. The third kappa shape index (κ3) is 4.70. The highest BCUT2D eigenvalue weighted by atomic mass is 16.7. The largest absolute Gasteiger partial charge is 0.452 e. The molecule has 126 valence electrons. The van der Waals surface area contributed by atoms with E-state index in [0.717, 1.165) is 31.4 Å². The van der Waals surface area contributed by atoms with Gasteiger partial charge in [0, 0.05) is 12.8 Å². The van der Waals surface area contributed by atoms with E-state index in [0.29, 0.717) is 19.3 Å². The van der Waals surface area contributed by atoms with Crippen LogP contribution in [0.4, 0.5) is 0 Å². The molecule has 0 spiro atoms. The molecule has 0 aromatic rings. The number of carbonyl (C=O) groups excluding carboxylic acids is 1. The van der Waals surface area contributed by atoms with Crippen molar-refractivity contribution in [2.75, 3.05) is 0 Å². The molecule has 22 heavy (non-hydrogen) atoms. The van der Waals surface area contributed by atoms with Crippen molar-refractivity contribution in [2.24, 2.45) is 5.16 Å². The zero-order valence-electron chi connectivity index (χ0n) is 13.7. The van der Waals surface area contributed by atoms with Gasteiger partial charge < -0.3 is 14.7 Å². The molecule has 0 saturated carbocycles. The van der Waals surface area contributed by atoms with Crippen molar-refractivity contribution in [2.45, 2.75) is 95.9 Å². The topological polar surface area (TPSA) is 68.1 Å². The van der Waals surface area contributed by atoms with Gasteiger partial charge in [-0.05, 0) is 25.7 Å². The van der Waals surface area contributed by atoms with Gasteiger partial charge in [-0.25, -0.2) is 0 Å². The van der Waals surface area contributed by atoms with Crippen LogP contribution in [0.2, 0.25) is 0 Å². The summed E-state index contributed by atoms with van der Waals surface area (Å²) in [6.07, 6.45) is 10.3. The van der Waals surface area contributed by atoms with Crippen molar-refractivity contribution in [1.82, 2.24) is 0 Å². The molecule has 0 aromatic carbocycles. The molecule has 2 heterocycles. The highest BCUT2D eigenvalue weighted by Crippen LogP contribution is 2.32. The van der Waals surface area contributed by atoms with Crippen LogP contribution in [-0.4, -0.2) is 28.7 Å². The molecule has 2 bridgehead atoms. The summed E-state index contributed by atoms with van der Waals surface area (Å²) in [6.45, 7) is 1.91. The van der Waals surface area contributed by atoms with E-state index in [9.17, 15) is 9.90 Å². The molecular formula is C17H29NO4. The number of aliphatic hydroxyl groups excluding tert-OH is 1. The lowest BCUT2D eigenvalue weighted by Crippen LogP contribution is -2.50. The fraction of sp³-hybridized carbons (Fsp3) is 0.882. The predicted octanol–water partition coefficient (Wildman–Crippen LogP) is 3.69. The first-order valence-corrected chi connectivity index (χ1v) is 8.78. The fourth-order valence-electron chi connectivity index (χ4n) is 3.21. The second-order valence-corrected chi connectivity index (χ2v) is 6.51. The Balaban J connectivity index is 2.05. The summed E-state index contributed by atoms with van der Waals surface area (Å²) in [5.41, 5.74) is -0.0660. The second kappa shape index (κ2) is 8.51. The second-order valence-electron chi connectivity index (χ2n) is 6.51. The van der Waals surface area contributed by atoms with E-state index in [1.807, 2.05) is 6.92 Å². The van der Waals surface area contributed by atoms with Crippen molar-refractivity contribution in [3.05, 3.63) is 0 Å². The van der Waals surface area contributed by atoms with E-state index < -0.39 is 11.9 Å². The molecule has 1 fully saturated rings. The first kappa shape index (κ1) is 17.3. The molecule has 2 aliphatic rings. The minimum atomic E-state index is -1.17. The molecule has 0 aromatic heterocycles. The van der Waals surface area contributed by atoms with Crippen LogP contribution in [0.3, 0.4) is 0 Å². The van der Waals surface area contributed by atoms with Crippen LogP contribution in [0, 0.1) is 0 Å². The Hall–Kier alpha value is -1.10. The van der Waals surface area contributed by atoms with Crippen LogP contribution in [0.1, 0.15) is 84.0 Å². The maximum absolute atomic E-state index is 12.1. The molecule has 0 aliphatic carbocycles. The molecule has 1 N–H and O–H groups in total. The number of carbonyl (C=O) groups is 1. The van der Waals surface area contributed by atoms with Crippen molar-refractivity contribution in [1.29, 1.82) is 0 Å². The molecule has 2 rings (SSSR count). The van der Waals surface area contributed by atoms with Crippen LogP contribution in [0.15, 0.2) is 5.16 Å². The van der Waals surface area contributed by atoms with E-state index >= 15 is 0 Å². The zero-order valence-corrected chi connectivity index (χ0v) is 13.7. The SMILES string of the molecule is CC[C@]12CC(=NO[C@@H]1O)CCCCCCCCCCC(=O)O2. The minimum Gasteiger partial charge on any atom is -0.452 e. The summed E-state index contributed by atoms with van der Waals surface area (Å²) in [6, 6.07) is 0. The normalized spacial score (nSPS) is 32.0. The number of hydrogen-bond acceptors (Lipinski definition) is 5. The van der Waals surface area contributed by atoms with Gasteiger partial charge in [0.2, 0.25) is 0 Å². The number of oxime groups is 1. The van der Waals surface area contributed by atoms with E-state index in [1.165, 1.54) is 32.1 Å². The van der Waals surface area contributed by atoms with E-state index in [4.69, 9.17) is 9.57 Å². The molecule has 0 radical (unpaired) electrons. The third-order valence-corrected chi connectivity index (χ3v) is 4.75. The molecule has 0 unspecified atom stereocenters. The maximum Gasteiger partial charge on any atom is 0.306 e. The Kier molecular flexibility index (Phi) is 6.68. The number of rotatable bonds is 1. The predicted molar refractivity (Wildman–Crippen MR) is 84.4 cm³/mol. The number of esters is 1. The summed E-state index contributed by atoms with van der Waals surface area (Å²) in [5.74, 6) is -0.236. The summed E-state index contributed by atoms with van der Waals surface area (Å²) < 4.78 is 5.65. The van der Waals surface area contributed by atoms with Crippen LogP contribution in [-0.2, 0) is 14.4 Å². The lowest BCUT2D eigenvalue weighted by Gasteiger charge is -2.38. The molecule has 2 atom stereocenters. The molecule has 5 nitrogen and oxygen atoms in total. The first-order chi connectivity index (χ1) is 10.7. The van der Waals surface area contributed by atoms with Crippen LogP contribution in [0.5, 0.6) is 0 Å². The first-order valence-electron chi connectivity index (χ1n) is 8.78. The maximum atomic E-state index is 12.1.